The predicted molar refractivity (Wildman–Crippen MR) is 195 cm³/mol. The van der Waals surface area contributed by atoms with Crippen molar-refractivity contribution in [2.45, 2.75) is 0 Å². The molecule has 0 bridgehead atoms. The second-order valence-corrected chi connectivity index (χ2v) is 12.0. The molecule has 0 saturated carbocycles. The molecule has 0 aliphatic carbocycles. The highest BCUT2D eigenvalue weighted by atomic mass is 15.0. The molecule has 0 unspecified atom stereocenters. The first-order valence-corrected chi connectivity index (χ1v) is 15.9. The molecule has 9 rings (SSSR count). The van der Waals surface area contributed by atoms with Crippen LogP contribution >= 0.6 is 0 Å². The molecule has 222 valence electrons. The third-order valence-electron chi connectivity index (χ3n) is 9.42. The summed E-state index contributed by atoms with van der Waals surface area (Å²) in [5.74, 6) is 0. The first-order valence-electron chi connectivity index (χ1n) is 15.9. The monoisotopic (exact) mass is 610 g/mol. The topological polar surface area (TPSA) is 57.4 Å². The lowest BCUT2D eigenvalue weighted by atomic mass is 9.95. The number of nitrogens with zero attached hydrogens (tertiary/aromatic N) is 4. The molecule has 0 amide bonds. The van der Waals surface area contributed by atoms with Gasteiger partial charge >= 0.3 is 0 Å². The molecule has 0 aliphatic rings. The molecule has 2 aromatic heterocycles. The molecular formula is C44H26N4. The van der Waals surface area contributed by atoms with Gasteiger partial charge in [0, 0.05) is 32.8 Å². The van der Waals surface area contributed by atoms with Crippen molar-refractivity contribution in [2.24, 2.45) is 0 Å². The van der Waals surface area contributed by atoms with E-state index >= 15 is 0 Å². The van der Waals surface area contributed by atoms with Gasteiger partial charge in [0.05, 0.1) is 51.0 Å². The molecule has 0 atom stereocenters. The van der Waals surface area contributed by atoms with Crippen LogP contribution in [0.4, 0.5) is 0 Å². The van der Waals surface area contributed by atoms with E-state index < -0.39 is 0 Å². The lowest BCUT2D eigenvalue weighted by molar-refractivity contribution is 1.18. The summed E-state index contributed by atoms with van der Waals surface area (Å²) >= 11 is 0. The Balaban J connectivity index is 1.14. The summed E-state index contributed by atoms with van der Waals surface area (Å²) < 4.78 is 4.54. The van der Waals surface area contributed by atoms with E-state index in [0.717, 1.165) is 55.4 Å². The molecule has 4 nitrogen and oxygen atoms in total. The van der Waals surface area contributed by atoms with Crippen LogP contribution in [0.5, 0.6) is 0 Å². The minimum absolute atomic E-state index is 0.607. The highest BCUT2D eigenvalue weighted by molar-refractivity contribution is 6.11. The molecule has 0 spiro atoms. The van der Waals surface area contributed by atoms with Crippen LogP contribution in [0, 0.1) is 22.7 Å². The fraction of sp³-hybridized carbons (Fsp3) is 0. The summed E-state index contributed by atoms with van der Waals surface area (Å²) in [5, 5.41) is 24.4. The fourth-order valence-corrected chi connectivity index (χ4v) is 7.26. The lowest BCUT2D eigenvalue weighted by Gasteiger charge is -2.16. The zero-order valence-electron chi connectivity index (χ0n) is 25.8. The van der Waals surface area contributed by atoms with Crippen LogP contribution < -0.4 is 0 Å². The highest BCUT2D eigenvalue weighted by Crippen LogP contribution is 2.39. The van der Waals surface area contributed by atoms with E-state index in [1.165, 1.54) is 21.8 Å². The minimum Gasteiger partial charge on any atom is -0.309 e. The second-order valence-electron chi connectivity index (χ2n) is 12.0. The Kier molecular flexibility index (Phi) is 6.22. The van der Waals surface area contributed by atoms with Gasteiger partial charge in [-0.3, -0.25) is 0 Å². The maximum absolute atomic E-state index is 10.3. The van der Waals surface area contributed by atoms with Crippen LogP contribution in [0.15, 0.2) is 158 Å². The molecule has 0 saturated heterocycles. The number of fused-ring (bicyclic) bond motifs is 6. The summed E-state index contributed by atoms with van der Waals surface area (Å²) in [6.07, 6.45) is 0. The number of nitriles is 2. The van der Waals surface area contributed by atoms with Gasteiger partial charge in [0.2, 0.25) is 0 Å². The molecule has 7 aromatic carbocycles. The number of benzene rings is 7. The SMILES string of the molecule is N#Cc1ccc2c(c1)c1ccccc1n2-c1cccc(C#N)c1-c1ccc(-c2ccc(-n3c4ccccc4c4ccccc43)cc2)cc1. The van der Waals surface area contributed by atoms with Crippen LogP contribution in [0.25, 0.3) is 77.2 Å². The average molecular weight is 611 g/mol. The van der Waals surface area contributed by atoms with E-state index in [0.29, 0.717) is 11.1 Å². The summed E-state index contributed by atoms with van der Waals surface area (Å²) in [5.41, 5.74) is 11.7. The zero-order chi connectivity index (χ0) is 32.2. The average Bonchev–Trinajstić information content (AvgIpc) is 3.67. The quantitative estimate of drug-likeness (QED) is 0.199. The minimum atomic E-state index is 0.607. The van der Waals surface area contributed by atoms with Crippen molar-refractivity contribution >= 4 is 43.6 Å². The molecule has 0 radical (unpaired) electrons. The van der Waals surface area contributed by atoms with Crippen molar-refractivity contribution in [3.63, 3.8) is 0 Å². The van der Waals surface area contributed by atoms with Crippen LogP contribution in [0.1, 0.15) is 11.1 Å². The Morgan fingerprint density at radius 1 is 0.396 bits per heavy atom. The van der Waals surface area contributed by atoms with Crippen LogP contribution in [-0.2, 0) is 0 Å². The fourth-order valence-electron chi connectivity index (χ4n) is 7.26. The van der Waals surface area contributed by atoms with Crippen LogP contribution in [-0.4, -0.2) is 9.13 Å². The summed E-state index contributed by atoms with van der Waals surface area (Å²) in [4.78, 5) is 0. The Morgan fingerprint density at radius 2 is 0.917 bits per heavy atom. The third kappa shape index (κ3) is 4.14. The van der Waals surface area contributed by atoms with Gasteiger partial charge in [-0.25, -0.2) is 0 Å². The Morgan fingerprint density at radius 3 is 1.52 bits per heavy atom. The summed E-state index contributed by atoms with van der Waals surface area (Å²) in [6, 6.07) is 59.0. The number of para-hydroxylation sites is 3. The molecule has 9 aromatic rings. The largest absolute Gasteiger partial charge is 0.309 e. The van der Waals surface area contributed by atoms with Crippen molar-refractivity contribution in [3.8, 4) is 45.8 Å². The molecule has 0 aliphatic heterocycles. The van der Waals surface area contributed by atoms with Gasteiger partial charge in [-0.05, 0) is 77.4 Å². The highest BCUT2D eigenvalue weighted by Gasteiger charge is 2.19. The van der Waals surface area contributed by atoms with E-state index in [9.17, 15) is 10.5 Å². The standard InChI is InChI=1S/C44H26N4/c45-27-29-16-25-42-38(26-29)37-11-3-6-14-41(37)48(42)43-15-7-8-33(28-46)44(43)32-19-17-30(18-20-32)31-21-23-34(24-22-31)47-39-12-4-1-9-35(39)36-10-2-5-13-40(36)47/h1-26H. The molecule has 4 heteroatoms. The van der Waals surface area contributed by atoms with Crippen molar-refractivity contribution < 1.29 is 0 Å². The molecule has 48 heavy (non-hydrogen) atoms. The number of rotatable bonds is 4. The van der Waals surface area contributed by atoms with E-state index in [1.807, 2.05) is 42.5 Å². The van der Waals surface area contributed by atoms with Gasteiger partial charge < -0.3 is 9.13 Å². The lowest BCUT2D eigenvalue weighted by Crippen LogP contribution is -1.99. The number of aromatic nitrogens is 2. The number of hydrogen-bond donors (Lipinski definition) is 0. The maximum Gasteiger partial charge on any atom is 0.0998 e. The van der Waals surface area contributed by atoms with Crippen molar-refractivity contribution in [2.75, 3.05) is 0 Å². The van der Waals surface area contributed by atoms with E-state index in [4.69, 9.17) is 0 Å². The zero-order valence-corrected chi connectivity index (χ0v) is 25.8. The number of hydrogen-bond acceptors (Lipinski definition) is 2. The summed E-state index contributed by atoms with van der Waals surface area (Å²) in [6.45, 7) is 0. The molecule has 2 heterocycles. The van der Waals surface area contributed by atoms with Crippen molar-refractivity contribution in [1.82, 2.24) is 9.13 Å². The van der Waals surface area contributed by atoms with Crippen molar-refractivity contribution in [3.05, 3.63) is 169 Å². The third-order valence-corrected chi connectivity index (χ3v) is 9.42. The molecular weight excluding hydrogens is 585 g/mol. The van der Waals surface area contributed by atoms with Gasteiger partial charge in [-0.15, -0.1) is 0 Å². The molecule has 0 fully saturated rings. The van der Waals surface area contributed by atoms with Gasteiger partial charge in [0.15, 0.2) is 0 Å². The van der Waals surface area contributed by atoms with Gasteiger partial charge in [0.1, 0.15) is 0 Å². The van der Waals surface area contributed by atoms with Crippen molar-refractivity contribution in [1.29, 1.82) is 10.5 Å². The first-order chi connectivity index (χ1) is 23.7. The Hall–Kier alpha value is -6.88. The predicted octanol–water partition coefficient (Wildman–Crippen LogP) is 11.0. The summed E-state index contributed by atoms with van der Waals surface area (Å²) in [7, 11) is 0. The molecule has 0 N–H and O–H groups in total. The van der Waals surface area contributed by atoms with Crippen LogP contribution in [0.3, 0.4) is 0 Å². The Bertz CT molecular complexity index is 2730. The van der Waals surface area contributed by atoms with E-state index in [-0.39, 0.29) is 0 Å². The van der Waals surface area contributed by atoms with Gasteiger partial charge in [0.25, 0.3) is 0 Å². The first kappa shape index (κ1) is 27.4. The second kappa shape index (κ2) is 10.9. The van der Waals surface area contributed by atoms with Gasteiger partial charge in [-0.1, -0.05) is 97.1 Å². The smallest absolute Gasteiger partial charge is 0.0998 e. The van der Waals surface area contributed by atoms with E-state index in [1.54, 1.807) is 0 Å². The van der Waals surface area contributed by atoms with Gasteiger partial charge in [-0.2, -0.15) is 10.5 Å². The van der Waals surface area contributed by atoms with E-state index in [2.05, 4.69) is 137 Å². The normalized spacial score (nSPS) is 11.3. The van der Waals surface area contributed by atoms with Crippen LogP contribution in [0.2, 0.25) is 0 Å². The maximum atomic E-state index is 10.3. The Labute approximate surface area is 277 Å².